The van der Waals surface area contributed by atoms with Crippen molar-refractivity contribution in [3.63, 3.8) is 0 Å². The van der Waals surface area contributed by atoms with E-state index < -0.39 is 0 Å². The van der Waals surface area contributed by atoms with Crippen molar-refractivity contribution < 1.29 is 4.74 Å². The summed E-state index contributed by atoms with van der Waals surface area (Å²) in [5.41, 5.74) is 5.37. The van der Waals surface area contributed by atoms with Crippen molar-refractivity contribution >= 4 is 0 Å². The number of nitrogens with two attached hydrogens (primary N) is 1. The van der Waals surface area contributed by atoms with Gasteiger partial charge < -0.3 is 10.5 Å². The maximum atomic E-state index is 5.70. The van der Waals surface area contributed by atoms with Gasteiger partial charge in [0.1, 0.15) is 0 Å². The summed E-state index contributed by atoms with van der Waals surface area (Å²) in [7, 11) is 0. The zero-order valence-electron chi connectivity index (χ0n) is 9.12. The Morgan fingerprint density at radius 3 is 2.46 bits per heavy atom. The van der Waals surface area contributed by atoms with Crippen molar-refractivity contribution in [3.05, 3.63) is 12.2 Å². The predicted molar refractivity (Wildman–Crippen MR) is 57.7 cm³/mol. The summed E-state index contributed by atoms with van der Waals surface area (Å²) in [6, 6.07) is 0. The molecule has 0 radical (unpaired) electrons. The van der Waals surface area contributed by atoms with Crippen LogP contribution in [0.2, 0.25) is 0 Å². The van der Waals surface area contributed by atoms with Crippen molar-refractivity contribution in [2.45, 2.75) is 39.7 Å². The van der Waals surface area contributed by atoms with Gasteiger partial charge in [-0.05, 0) is 12.3 Å². The number of hydrogen-bond acceptors (Lipinski definition) is 2. The van der Waals surface area contributed by atoms with Gasteiger partial charge >= 0.3 is 0 Å². The summed E-state index contributed by atoms with van der Waals surface area (Å²) >= 11 is 0. The molecule has 0 amide bonds. The molecule has 0 heterocycles. The zero-order chi connectivity index (χ0) is 10.1. The van der Waals surface area contributed by atoms with Gasteiger partial charge in [-0.25, -0.2) is 0 Å². The molecule has 0 fully saturated rings. The van der Waals surface area contributed by atoms with Crippen molar-refractivity contribution in [2.24, 2.45) is 11.7 Å². The molecule has 0 aliphatic heterocycles. The van der Waals surface area contributed by atoms with Crippen molar-refractivity contribution in [2.75, 3.05) is 13.2 Å². The average molecular weight is 185 g/mol. The van der Waals surface area contributed by atoms with Gasteiger partial charge in [-0.3, -0.25) is 0 Å². The van der Waals surface area contributed by atoms with Crippen LogP contribution >= 0.6 is 0 Å². The molecule has 0 bridgehead atoms. The predicted octanol–water partition coefficient (Wildman–Crippen LogP) is 2.34. The average Bonchev–Trinajstić information content (AvgIpc) is 2.17. The smallest absolute Gasteiger partial charge is 0.0753 e. The molecule has 78 valence electrons. The van der Waals surface area contributed by atoms with E-state index in [1.165, 1.54) is 6.42 Å². The third-order valence-electron chi connectivity index (χ3n) is 2.18. The van der Waals surface area contributed by atoms with Crippen LogP contribution < -0.4 is 5.73 Å². The van der Waals surface area contributed by atoms with Crippen LogP contribution in [0.1, 0.15) is 33.6 Å². The van der Waals surface area contributed by atoms with E-state index in [9.17, 15) is 0 Å². The molecule has 0 rings (SSSR count). The number of ether oxygens (including phenoxy) is 1. The molecular weight excluding hydrogens is 162 g/mol. The van der Waals surface area contributed by atoms with E-state index in [1.807, 2.05) is 6.08 Å². The minimum atomic E-state index is 0.248. The van der Waals surface area contributed by atoms with E-state index in [1.54, 1.807) is 0 Å². The highest BCUT2D eigenvalue weighted by Crippen LogP contribution is 2.06. The Labute approximate surface area is 82.2 Å². The van der Waals surface area contributed by atoms with E-state index in [4.69, 9.17) is 10.5 Å². The van der Waals surface area contributed by atoms with E-state index in [0.29, 0.717) is 12.5 Å². The fourth-order valence-electron chi connectivity index (χ4n) is 0.946. The van der Waals surface area contributed by atoms with Crippen molar-refractivity contribution in [3.8, 4) is 0 Å². The lowest BCUT2D eigenvalue weighted by Crippen LogP contribution is -2.14. The lowest BCUT2D eigenvalue weighted by atomic mass is 10.1. The topological polar surface area (TPSA) is 35.2 Å². The first-order valence-corrected chi connectivity index (χ1v) is 5.22. The van der Waals surface area contributed by atoms with E-state index in [-0.39, 0.29) is 6.10 Å². The molecule has 2 nitrogen and oxygen atoms in total. The van der Waals surface area contributed by atoms with Gasteiger partial charge in [-0.15, -0.1) is 0 Å². The van der Waals surface area contributed by atoms with Crippen LogP contribution in [0.3, 0.4) is 0 Å². The molecule has 0 saturated carbocycles. The summed E-state index contributed by atoms with van der Waals surface area (Å²) in [5, 5.41) is 0. The van der Waals surface area contributed by atoms with Gasteiger partial charge in [-0.2, -0.15) is 0 Å². The standard InChI is InChI=1S/C11H23NO/c1-4-10(3)9-13-11(5-2)7-6-8-12/h6-7,10-11H,4-5,8-9,12H2,1-3H3/b7-6-/t10-,11+/m1/s1. The number of hydrogen-bond donors (Lipinski definition) is 1. The van der Waals surface area contributed by atoms with Crippen molar-refractivity contribution in [1.82, 2.24) is 0 Å². The molecular formula is C11H23NO. The minimum absolute atomic E-state index is 0.248. The van der Waals surface area contributed by atoms with E-state index >= 15 is 0 Å². The molecule has 0 aliphatic rings. The second kappa shape index (κ2) is 8.27. The van der Waals surface area contributed by atoms with Gasteiger partial charge in [0.15, 0.2) is 0 Å². The van der Waals surface area contributed by atoms with Crippen LogP contribution in [0.15, 0.2) is 12.2 Å². The normalized spacial score (nSPS) is 16.3. The molecule has 0 aromatic rings. The Hall–Kier alpha value is -0.340. The van der Waals surface area contributed by atoms with Gasteiger partial charge in [-0.1, -0.05) is 39.3 Å². The third kappa shape index (κ3) is 6.79. The summed E-state index contributed by atoms with van der Waals surface area (Å²) in [4.78, 5) is 0. The van der Waals surface area contributed by atoms with Crippen LogP contribution in [0, 0.1) is 5.92 Å². The summed E-state index contributed by atoms with van der Waals surface area (Å²) in [6.45, 7) is 7.97. The Balaban J connectivity index is 3.65. The van der Waals surface area contributed by atoms with Crippen LogP contribution in [-0.4, -0.2) is 19.3 Å². The molecule has 2 atom stereocenters. The molecule has 0 aromatic carbocycles. The second-order valence-electron chi connectivity index (χ2n) is 3.46. The molecule has 0 unspecified atom stereocenters. The third-order valence-corrected chi connectivity index (χ3v) is 2.18. The van der Waals surface area contributed by atoms with Crippen LogP contribution in [-0.2, 0) is 4.74 Å². The first-order chi connectivity index (χ1) is 6.24. The number of rotatable bonds is 7. The Morgan fingerprint density at radius 1 is 1.31 bits per heavy atom. The fourth-order valence-corrected chi connectivity index (χ4v) is 0.946. The first-order valence-electron chi connectivity index (χ1n) is 5.22. The lowest BCUT2D eigenvalue weighted by Gasteiger charge is -2.15. The first kappa shape index (κ1) is 12.7. The monoisotopic (exact) mass is 185 g/mol. The second-order valence-corrected chi connectivity index (χ2v) is 3.46. The molecule has 0 spiro atoms. The van der Waals surface area contributed by atoms with Gasteiger partial charge in [0.2, 0.25) is 0 Å². The maximum Gasteiger partial charge on any atom is 0.0753 e. The largest absolute Gasteiger partial charge is 0.374 e. The summed E-state index contributed by atoms with van der Waals surface area (Å²) in [5.74, 6) is 0.653. The maximum absolute atomic E-state index is 5.70. The van der Waals surface area contributed by atoms with Gasteiger partial charge in [0, 0.05) is 13.2 Å². The molecule has 0 saturated heterocycles. The van der Waals surface area contributed by atoms with Crippen molar-refractivity contribution in [1.29, 1.82) is 0 Å². The van der Waals surface area contributed by atoms with Gasteiger partial charge in [0.05, 0.1) is 6.10 Å². The Kier molecular flexibility index (Phi) is 8.05. The SMILES string of the molecule is CC[C@@H](C)CO[C@H](/C=C\CN)CC. The highest BCUT2D eigenvalue weighted by atomic mass is 16.5. The summed E-state index contributed by atoms with van der Waals surface area (Å²) < 4.78 is 5.70. The molecule has 2 N–H and O–H groups in total. The van der Waals surface area contributed by atoms with Crippen LogP contribution in [0.25, 0.3) is 0 Å². The van der Waals surface area contributed by atoms with Crippen LogP contribution in [0.4, 0.5) is 0 Å². The zero-order valence-corrected chi connectivity index (χ0v) is 9.12. The minimum Gasteiger partial charge on any atom is -0.374 e. The fraction of sp³-hybridized carbons (Fsp3) is 0.818. The Bertz CT molecular complexity index is 134. The van der Waals surface area contributed by atoms with Gasteiger partial charge in [0.25, 0.3) is 0 Å². The highest BCUT2D eigenvalue weighted by Gasteiger charge is 2.04. The molecule has 2 heteroatoms. The molecule has 0 aromatic heterocycles. The quantitative estimate of drug-likeness (QED) is 0.618. The summed E-state index contributed by atoms with van der Waals surface area (Å²) in [6.07, 6.45) is 6.47. The molecule has 13 heavy (non-hydrogen) atoms. The highest BCUT2D eigenvalue weighted by molar-refractivity contribution is 4.89. The van der Waals surface area contributed by atoms with Crippen LogP contribution in [0.5, 0.6) is 0 Å². The van der Waals surface area contributed by atoms with E-state index in [0.717, 1.165) is 13.0 Å². The lowest BCUT2D eigenvalue weighted by molar-refractivity contribution is 0.0581. The Morgan fingerprint density at radius 2 is 2.00 bits per heavy atom. The van der Waals surface area contributed by atoms with E-state index in [2.05, 4.69) is 26.8 Å². The molecule has 0 aliphatic carbocycles.